The minimum Gasteiger partial charge on any atom is -0.507 e. The van der Waals surface area contributed by atoms with Crippen molar-refractivity contribution in [3.05, 3.63) is 100 Å². The average molecular weight is 603 g/mol. The van der Waals surface area contributed by atoms with Gasteiger partial charge in [0, 0.05) is 5.92 Å². The Balaban J connectivity index is 1.33. The number of allylic oxidation sites excluding steroid dienone is 2. The van der Waals surface area contributed by atoms with Gasteiger partial charge in [-0.2, -0.15) is 0 Å². The molecule has 4 aliphatic rings. The lowest BCUT2D eigenvalue weighted by atomic mass is 9.57. The summed E-state index contributed by atoms with van der Waals surface area (Å²) in [7, 11) is 0. The van der Waals surface area contributed by atoms with Crippen LogP contribution in [0.1, 0.15) is 60.4 Å². The summed E-state index contributed by atoms with van der Waals surface area (Å²) in [5.74, 6) is -3.94. The van der Waals surface area contributed by atoms with Gasteiger partial charge < -0.3 is 5.11 Å². The lowest BCUT2D eigenvalue weighted by Gasteiger charge is -2.44. The molecule has 3 aromatic rings. The Labute approximate surface area is 263 Å². The number of amides is 4. The highest BCUT2D eigenvalue weighted by molar-refractivity contribution is 6.24. The molecular formula is C38H38N2O5. The average Bonchev–Trinajstić information content (AvgIpc) is 3.46. The molecule has 230 valence electrons. The summed E-state index contributed by atoms with van der Waals surface area (Å²) in [6, 6.07) is 18.9. The molecule has 1 N–H and O–H groups in total. The van der Waals surface area contributed by atoms with Crippen molar-refractivity contribution >= 4 is 35.0 Å². The normalized spacial score (nSPS) is 27.4. The first-order valence-electron chi connectivity index (χ1n) is 16.1. The number of phenolic OH excluding ortho intramolecular Hbond substituents is 1. The van der Waals surface area contributed by atoms with Crippen LogP contribution in [-0.2, 0) is 32.0 Å². The third-order valence-electron chi connectivity index (χ3n) is 10.7. The van der Waals surface area contributed by atoms with Gasteiger partial charge in [0.2, 0.25) is 23.6 Å². The molecule has 4 amide bonds. The van der Waals surface area contributed by atoms with Crippen molar-refractivity contribution in [2.45, 2.75) is 59.3 Å². The first-order valence-corrected chi connectivity index (χ1v) is 16.1. The van der Waals surface area contributed by atoms with Crippen LogP contribution in [0.25, 0.3) is 0 Å². The van der Waals surface area contributed by atoms with Crippen LogP contribution in [0.5, 0.6) is 5.75 Å². The van der Waals surface area contributed by atoms with Crippen LogP contribution in [0.3, 0.4) is 0 Å². The maximum atomic E-state index is 14.3. The monoisotopic (exact) mass is 602 g/mol. The zero-order chi connectivity index (χ0) is 31.7. The van der Waals surface area contributed by atoms with Crippen molar-refractivity contribution in [2.75, 3.05) is 9.80 Å². The van der Waals surface area contributed by atoms with E-state index in [9.17, 15) is 24.3 Å². The number of rotatable bonds is 5. The Morgan fingerprint density at radius 2 is 1.16 bits per heavy atom. The molecule has 2 saturated heterocycles. The number of aryl methyl sites for hydroxylation is 4. The van der Waals surface area contributed by atoms with Crippen molar-refractivity contribution < 1.29 is 24.3 Å². The second-order valence-electron chi connectivity index (χ2n) is 13.1. The van der Waals surface area contributed by atoms with Crippen molar-refractivity contribution in [3.8, 4) is 5.75 Å². The zero-order valence-corrected chi connectivity index (χ0v) is 26.1. The lowest BCUT2D eigenvalue weighted by Crippen LogP contribution is -2.43. The van der Waals surface area contributed by atoms with Gasteiger partial charge in [0.25, 0.3) is 0 Å². The summed E-state index contributed by atoms with van der Waals surface area (Å²) in [6.45, 7) is 7.78. The zero-order valence-electron chi connectivity index (χ0n) is 26.1. The highest BCUT2D eigenvalue weighted by atomic mass is 16.3. The molecule has 2 aliphatic carbocycles. The van der Waals surface area contributed by atoms with Gasteiger partial charge >= 0.3 is 0 Å². The second kappa shape index (κ2) is 10.8. The molecule has 1 saturated carbocycles. The third-order valence-corrected chi connectivity index (χ3v) is 10.7. The first-order chi connectivity index (χ1) is 21.6. The van der Waals surface area contributed by atoms with Gasteiger partial charge in [-0.1, -0.05) is 61.9 Å². The predicted molar refractivity (Wildman–Crippen MR) is 172 cm³/mol. The number of anilines is 2. The topological polar surface area (TPSA) is 95.0 Å². The molecule has 0 aromatic heterocycles. The van der Waals surface area contributed by atoms with Crippen LogP contribution in [0.4, 0.5) is 11.4 Å². The van der Waals surface area contributed by atoms with E-state index in [1.165, 1.54) is 9.80 Å². The Kier molecular flexibility index (Phi) is 7.03. The Morgan fingerprint density at radius 3 is 1.67 bits per heavy atom. The fourth-order valence-electron chi connectivity index (χ4n) is 8.40. The largest absolute Gasteiger partial charge is 0.507 e. The molecule has 3 fully saturated rings. The fraction of sp³-hybridized carbons (Fsp3) is 0.368. The van der Waals surface area contributed by atoms with Crippen molar-refractivity contribution in [1.82, 2.24) is 0 Å². The quantitative estimate of drug-likeness (QED) is 0.278. The van der Waals surface area contributed by atoms with Crippen LogP contribution in [-0.4, -0.2) is 28.7 Å². The van der Waals surface area contributed by atoms with Crippen LogP contribution in [0.15, 0.2) is 72.3 Å². The number of imide groups is 2. The molecule has 0 spiro atoms. The predicted octanol–water partition coefficient (Wildman–Crippen LogP) is 6.18. The summed E-state index contributed by atoms with van der Waals surface area (Å²) in [5.41, 5.74) is 6.54. The molecule has 7 rings (SSSR count). The van der Waals surface area contributed by atoms with E-state index in [-0.39, 0.29) is 35.3 Å². The summed E-state index contributed by atoms with van der Waals surface area (Å²) in [5, 5.41) is 10.6. The number of carbonyl (C=O) groups is 4. The number of benzene rings is 3. The van der Waals surface area contributed by atoms with Gasteiger partial charge in [-0.15, -0.1) is 0 Å². The van der Waals surface area contributed by atoms with E-state index < -0.39 is 29.6 Å². The molecule has 3 aromatic carbocycles. The van der Waals surface area contributed by atoms with E-state index in [0.29, 0.717) is 35.3 Å². The van der Waals surface area contributed by atoms with Gasteiger partial charge in [-0.05, 0) is 97.5 Å². The van der Waals surface area contributed by atoms with Crippen LogP contribution >= 0.6 is 0 Å². The molecule has 45 heavy (non-hydrogen) atoms. The molecule has 7 heteroatoms. The Bertz CT molecular complexity index is 1750. The number of hydrogen-bond donors (Lipinski definition) is 1. The molecular weight excluding hydrogens is 564 g/mol. The number of nitrogens with zero attached hydrogens (tertiary/aromatic N) is 2. The summed E-state index contributed by atoms with van der Waals surface area (Å²) >= 11 is 0. The number of aromatic hydroxyl groups is 1. The highest BCUT2D eigenvalue weighted by Crippen LogP contribution is 2.58. The van der Waals surface area contributed by atoms with E-state index in [0.717, 1.165) is 35.1 Å². The van der Waals surface area contributed by atoms with Crippen molar-refractivity contribution in [1.29, 1.82) is 0 Å². The number of fused-ring (bicyclic) bond motifs is 4. The molecule has 2 heterocycles. The number of carbonyl (C=O) groups excluding carboxylic acids is 4. The van der Waals surface area contributed by atoms with E-state index in [1.54, 1.807) is 0 Å². The smallest absolute Gasteiger partial charge is 0.238 e. The second-order valence-corrected chi connectivity index (χ2v) is 13.1. The Hall–Kier alpha value is -4.52. The molecule has 0 radical (unpaired) electrons. The summed E-state index contributed by atoms with van der Waals surface area (Å²) in [6.07, 6.45) is 4.50. The molecule has 7 nitrogen and oxygen atoms in total. The molecule has 0 unspecified atom stereocenters. The third kappa shape index (κ3) is 4.38. The maximum Gasteiger partial charge on any atom is 0.238 e. The van der Waals surface area contributed by atoms with E-state index in [2.05, 4.69) is 19.9 Å². The van der Waals surface area contributed by atoms with Crippen LogP contribution < -0.4 is 9.80 Å². The number of phenols is 1. The minimum absolute atomic E-state index is 0.202. The van der Waals surface area contributed by atoms with E-state index in [4.69, 9.17) is 0 Å². The first kappa shape index (κ1) is 29.2. The Morgan fingerprint density at radius 1 is 0.667 bits per heavy atom. The highest BCUT2D eigenvalue weighted by Gasteiger charge is 2.62. The fourth-order valence-corrected chi connectivity index (χ4v) is 8.40. The summed E-state index contributed by atoms with van der Waals surface area (Å²) < 4.78 is 0. The van der Waals surface area contributed by atoms with Gasteiger partial charge in [0.05, 0.1) is 35.0 Å². The van der Waals surface area contributed by atoms with Crippen LogP contribution in [0.2, 0.25) is 0 Å². The van der Waals surface area contributed by atoms with E-state index >= 15 is 0 Å². The van der Waals surface area contributed by atoms with Crippen molar-refractivity contribution in [2.24, 2.45) is 29.6 Å². The van der Waals surface area contributed by atoms with Gasteiger partial charge in [0.15, 0.2) is 0 Å². The molecule has 6 atom stereocenters. The van der Waals surface area contributed by atoms with Gasteiger partial charge in [-0.25, -0.2) is 0 Å². The summed E-state index contributed by atoms with van der Waals surface area (Å²) in [4.78, 5) is 59.2. The number of hydrogen-bond acceptors (Lipinski definition) is 5. The molecule has 0 bridgehead atoms. The van der Waals surface area contributed by atoms with Gasteiger partial charge in [0.1, 0.15) is 5.75 Å². The molecule has 2 aliphatic heterocycles. The standard InChI is InChI=1S/C38H38N2O5/c1-5-22-7-11-25(12-8-22)39-35(42)28-16-15-27-29(32(28)37(39)44)19-30-33(31(27)24-17-20(3)34(41)21(4)18-24)38(45)40(36(30)43)26-13-9-23(6-2)10-14-26/h7-15,17-18,28-33,41H,5-6,16,19H2,1-4H3/t28-,29+,30+,31-,32-,33+/m0/s1. The van der Waals surface area contributed by atoms with Gasteiger partial charge in [-0.3, -0.25) is 29.0 Å². The SMILES string of the molecule is CCc1ccc(N2C(=O)[C@H]3[C@H](CC=C4[C@H]3C[C@H]3C(=O)N(c5ccc(CC)cc5)C(=O)[C@H]3[C@H]4c3cc(C)c(O)c(C)c3)C2=O)cc1. The lowest BCUT2D eigenvalue weighted by molar-refractivity contribution is -0.126. The van der Waals surface area contributed by atoms with E-state index in [1.807, 2.05) is 74.5 Å². The van der Waals surface area contributed by atoms with Crippen LogP contribution in [0, 0.1) is 43.4 Å². The van der Waals surface area contributed by atoms with Crippen molar-refractivity contribution in [3.63, 3.8) is 0 Å². The minimum atomic E-state index is -0.643. The maximum absolute atomic E-state index is 14.3.